The lowest BCUT2D eigenvalue weighted by Crippen LogP contribution is -2.54. The molecule has 0 spiro atoms. The van der Waals surface area contributed by atoms with E-state index in [-0.39, 0.29) is 38.4 Å². The molecule has 6 unspecified atom stereocenters. The molecule has 332 valence electrons. The first kappa shape index (κ1) is 48.5. The molecule has 3 heterocycles. The Balaban J connectivity index is 1.44. The lowest BCUT2D eigenvalue weighted by atomic mass is 10.2. The summed E-state index contributed by atoms with van der Waals surface area (Å²) in [4.78, 5) is 81.1. The number of hydrogen-bond donors (Lipinski definition) is 3. The Kier molecular flexibility index (Phi) is 22.5. The number of alkyl carbamates (subject to hydrolysis) is 3. The van der Waals surface area contributed by atoms with Crippen molar-refractivity contribution in [3.63, 3.8) is 0 Å². The van der Waals surface area contributed by atoms with Crippen molar-refractivity contribution in [1.82, 2.24) is 39.5 Å². The molecule has 2 aliphatic rings. The predicted octanol–water partition coefficient (Wildman–Crippen LogP) is 3.25. The number of nitrogens with zero attached hydrogens (tertiary/aromatic N) is 5. The van der Waals surface area contributed by atoms with Crippen LogP contribution in [0.25, 0.3) is 0 Å². The Labute approximate surface area is 343 Å². The van der Waals surface area contributed by atoms with Crippen LogP contribution in [-0.4, -0.2) is 132 Å². The Bertz CT molecular complexity index is 1470. The Hall–Kier alpha value is -3.90. The van der Waals surface area contributed by atoms with E-state index < -0.39 is 35.3 Å². The van der Waals surface area contributed by atoms with Crippen molar-refractivity contribution in [1.29, 1.82) is 0 Å². The summed E-state index contributed by atoms with van der Waals surface area (Å²) in [7, 11) is 0. The van der Waals surface area contributed by atoms with Gasteiger partial charge >= 0.3 is 35.3 Å². The van der Waals surface area contributed by atoms with Gasteiger partial charge in [0.1, 0.15) is 18.8 Å². The zero-order valence-corrected chi connectivity index (χ0v) is 35.8. The van der Waals surface area contributed by atoms with Crippen LogP contribution in [0.4, 0.5) is 14.4 Å². The molecule has 0 radical (unpaired) electrons. The van der Waals surface area contributed by atoms with Crippen molar-refractivity contribution in [3.05, 3.63) is 31.5 Å². The van der Waals surface area contributed by atoms with Crippen LogP contribution in [0, 0.1) is 0 Å². The van der Waals surface area contributed by atoms with Gasteiger partial charge in [0, 0.05) is 84.1 Å². The van der Waals surface area contributed by atoms with Crippen molar-refractivity contribution in [2.45, 2.75) is 156 Å². The van der Waals surface area contributed by atoms with E-state index in [1.54, 1.807) is 0 Å². The minimum atomic E-state index is -0.603. The predicted molar refractivity (Wildman–Crippen MR) is 220 cm³/mol. The van der Waals surface area contributed by atoms with Gasteiger partial charge in [-0.25, -0.2) is 42.5 Å². The highest BCUT2D eigenvalue weighted by Crippen LogP contribution is 2.17. The van der Waals surface area contributed by atoms with E-state index in [2.05, 4.69) is 39.6 Å². The molecular weight excluding hydrogens is 752 g/mol. The second kappa shape index (κ2) is 27.0. The van der Waals surface area contributed by atoms with Crippen LogP contribution < -0.4 is 33.0 Å². The van der Waals surface area contributed by atoms with Crippen LogP contribution in [0.3, 0.4) is 0 Å². The van der Waals surface area contributed by atoms with E-state index in [4.69, 9.17) is 18.9 Å². The number of amides is 3. The molecule has 18 nitrogen and oxygen atoms in total. The van der Waals surface area contributed by atoms with Crippen molar-refractivity contribution >= 4 is 18.3 Å². The normalized spacial score (nSPS) is 19.2. The van der Waals surface area contributed by atoms with E-state index in [1.165, 1.54) is 13.7 Å². The van der Waals surface area contributed by atoms with E-state index in [0.717, 1.165) is 77.5 Å². The third-order valence-electron chi connectivity index (χ3n) is 10.4. The molecule has 0 bridgehead atoms. The van der Waals surface area contributed by atoms with Crippen LogP contribution >= 0.6 is 0 Å². The molecule has 1 aromatic rings. The maximum absolute atomic E-state index is 13.5. The minimum Gasteiger partial charge on any atom is -0.447 e. The maximum Gasteiger partial charge on any atom is 0.407 e. The van der Waals surface area contributed by atoms with E-state index in [0.29, 0.717) is 70.6 Å². The highest BCUT2D eigenvalue weighted by atomic mass is 16.6. The lowest BCUT2D eigenvalue weighted by molar-refractivity contribution is 0.0788. The number of nitrogens with one attached hydrogen (secondary N) is 3. The number of rotatable bonds is 31. The molecule has 58 heavy (non-hydrogen) atoms. The number of carbonyl (C=O) groups is 3. The van der Waals surface area contributed by atoms with Crippen molar-refractivity contribution in [2.24, 2.45) is 0 Å². The van der Waals surface area contributed by atoms with Crippen LogP contribution in [0.2, 0.25) is 0 Å². The van der Waals surface area contributed by atoms with Crippen molar-refractivity contribution in [2.75, 3.05) is 65.6 Å². The summed E-state index contributed by atoms with van der Waals surface area (Å²) in [6.07, 6.45) is 6.67. The molecule has 18 heteroatoms. The molecule has 0 aliphatic carbocycles. The summed E-state index contributed by atoms with van der Waals surface area (Å²) >= 11 is 0. The van der Waals surface area contributed by atoms with Gasteiger partial charge in [-0.3, -0.25) is 9.80 Å². The quantitative estimate of drug-likeness (QED) is 0.0563. The molecule has 3 rings (SSSR count). The van der Waals surface area contributed by atoms with Gasteiger partial charge < -0.3 is 34.9 Å². The largest absolute Gasteiger partial charge is 0.447 e. The summed E-state index contributed by atoms with van der Waals surface area (Å²) in [5.74, 6) is 0. The average molecular weight is 825 g/mol. The molecule has 0 aromatic carbocycles. The monoisotopic (exact) mass is 825 g/mol. The number of ether oxygens (including phenoxy) is 4. The number of hydrogen-bond acceptors (Lipinski definition) is 12. The third kappa shape index (κ3) is 19.2. The van der Waals surface area contributed by atoms with E-state index in [1.807, 2.05) is 20.8 Å². The summed E-state index contributed by atoms with van der Waals surface area (Å²) in [5.41, 5.74) is -1.81. The van der Waals surface area contributed by atoms with Crippen LogP contribution in [0.1, 0.15) is 112 Å². The average Bonchev–Trinajstić information content (AvgIpc) is 4.08. The fourth-order valence-corrected chi connectivity index (χ4v) is 6.74. The zero-order valence-electron chi connectivity index (χ0n) is 35.8. The van der Waals surface area contributed by atoms with E-state index in [9.17, 15) is 28.8 Å². The van der Waals surface area contributed by atoms with Gasteiger partial charge in [-0.05, 0) is 73.1 Å². The van der Waals surface area contributed by atoms with Gasteiger partial charge in [0.15, 0.2) is 0 Å². The molecule has 1 aromatic heterocycles. The molecule has 2 saturated heterocycles. The van der Waals surface area contributed by atoms with E-state index >= 15 is 0 Å². The summed E-state index contributed by atoms with van der Waals surface area (Å²) in [6, 6.07) is 1.10. The Morgan fingerprint density at radius 1 is 0.569 bits per heavy atom. The molecule has 2 aliphatic heterocycles. The van der Waals surface area contributed by atoms with Gasteiger partial charge in [0.2, 0.25) is 0 Å². The van der Waals surface area contributed by atoms with Crippen molar-refractivity contribution in [3.8, 4) is 0 Å². The first-order valence-corrected chi connectivity index (χ1v) is 21.7. The second-order valence-corrected chi connectivity index (χ2v) is 15.7. The highest BCUT2D eigenvalue weighted by molar-refractivity contribution is 5.67. The molecule has 0 saturated carbocycles. The lowest BCUT2D eigenvalue weighted by Gasteiger charge is -2.15. The molecule has 6 atom stereocenters. The van der Waals surface area contributed by atoms with Gasteiger partial charge in [-0.15, -0.1) is 0 Å². The number of carbonyl (C=O) groups excluding carboxylic acids is 3. The van der Waals surface area contributed by atoms with Crippen LogP contribution in [0.5, 0.6) is 0 Å². The van der Waals surface area contributed by atoms with Crippen LogP contribution in [-0.2, 0) is 38.6 Å². The molecule has 3 amide bonds. The maximum atomic E-state index is 13.5. The fourth-order valence-electron chi connectivity index (χ4n) is 6.74. The first-order chi connectivity index (χ1) is 27.9. The molecule has 2 fully saturated rings. The SMILES string of the molecule is CCOCCOC(=O)NCCCCCCn1c(=O)n(CCCCCCNC(=O)OC(C)CN2CC2C)c(=O)n(CCCCCCNC(=O)OC(C)CN2CC2C)c1=O. The van der Waals surface area contributed by atoms with Gasteiger partial charge in [-0.1, -0.05) is 38.5 Å². The summed E-state index contributed by atoms with van der Waals surface area (Å²) in [5, 5.41) is 8.29. The third-order valence-corrected chi connectivity index (χ3v) is 10.4. The standard InChI is InChI=1S/C40H72N8O10/c1-6-55-25-26-56-35(49)41-19-13-7-10-16-22-46-38(52)47(23-17-11-8-14-20-42-36(50)57-33(4)29-44-27-31(44)2)40(54)48(39(46)53)24-18-12-9-15-21-43-37(51)58-34(5)30-45-28-32(45)3/h31-34H,6-30H2,1-5H3,(H,41,49)(H,42,50)(H,43,51). The molecular formula is C40H72N8O10. The zero-order chi connectivity index (χ0) is 42.3. The van der Waals surface area contributed by atoms with Gasteiger partial charge in [0.05, 0.1) is 6.61 Å². The Morgan fingerprint density at radius 2 is 0.914 bits per heavy atom. The Morgan fingerprint density at radius 3 is 1.26 bits per heavy atom. The fraction of sp³-hybridized carbons (Fsp3) is 0.850. The number of aromatic nitrogens is 3. The minimum absolute atomic E-state index is 0.180. The summed E-state index contributed by atoms with van der Waals surface area (Å²) in [6.45, 7) is 16.5. The molecule has 3 N–H and O–H groups in total. The second-order valence-electron chi connectivity index (χ2n) is 15.7. The van der Waals surface area contributed by atoms with Gasteiger partial charge in [0.25, 0.3) is 0 Å². The van der Waals surface area contributed by atoms with Gasteiger partial charge in [-0.2, -0.15) is 0 Å². The first-order valence-electron chi connectivity index (χ1n) is 21.7. The number of unbranched alkanes of at least 4 members (excludes halogenated alkanes) is 9. The smallest absolute Gasteiger partial charge is 0.407 e. The van der Waals surface area contributed by atoms with Crippen molar-refractivity contribution < 1.29 is 33.3 Å². The highest BCUT2D eigenvalue weighted by Gasteiger charge is 2.31. The topological polar surface area (TPSA) is 196 Å². The van der Waals surface area contributed by atoms with Crippen LogP contribution in [0.15, 0.2) is 14.4 Å². The summed E-state index contributed by atoms with van der Waals surface area (Å²) < 4.78 is 24.5.